The van der Waals surface area contributed by atoms with Gasteiger partial charge < -0.3 is 14.6 Å². The molecule has 0 radical (unpaired) electrons. The lowest BCUT2D eigenvalue weighted by atomic mass is 10.0. The van der Waals surface area contributed by atoms with Crippen LogP contribution in [0.25, 0.3) is 22.2 Å². The van der Waals surface area contributed by atoms with E-state index < -0.39 is 0 Å². The quantitative estimate of drug-likeness (QED) is 0.750. The molecule has 0 unspecified atom stereocenters. The molecule has 0 aliphatic carbocycles. The Labute approximate surface area is 155 Å². The van der Waals surface area contributed by atoms with E-state index in [2.05, 4.69) is 59.2 Å². The van der Waals surface area contributed by atoms with Gasteiger partial charge in [0.05, 0.1) is 0 Å². The molecular formula is C22H27N3O. The number of pyridine rings is 1. The van der Waals surface area contributed by atoms with Crippen LogP contribution < -0.4 is 4.74 Å². The number of nitrogens with zero attached hydrogens (tertiary/aromatic N) is 2. The van der Waals surface area contributed by atoms with Gasteiger partial charge in [-0.2, -0.15) is 0 Å². The molecule has 3 aromatic rings. The fourth-order valence-electron chi connectivity index (χ4n) is 3.91. The third kappa shape index (κ3) is 3.34. The second kappa shape index (κ2) is 7.12. The van der Waals surface area contributed by atoms with Gasteiger partial charge in [-0.25, -0.2) is 0 Å². The van der Waals surface area contributed by atoms with Crippen LogP contribution >= 0.6 is 0 Å². The molecule has 1 aliphatic heterocycles. The van der Waals surface area contributed by atoms with Crippen molar-refractivity contribution in [3.8, 4) is 17.0 Å². The highest BCUT2D eigenvalue weighted by Gasteiger charge is 2.19. The van der Waals surface area contributed by atoms with Crippen molar-refractivity contribution >= 4 is 10.9 Å². The summed E-state index contributed by atoms with van der Waals surface area (Å²) in [7, 11) is 2.18. The Morgan fingerprint density at radius 1 is 1.19 bits per heavy atom. The van der Waals surface area contributed by atoms with E-state index in [0.29, 0.717) is 6.10 Å². The summed E-state index contributed by atoms with van der Waals surface area (Å²) >= 11 is 0. The summed E-state index contributed by atoms with van der Waals surface area (Å²) in [4.78, 5) is 10.3. The molecule has 4 nitrogen and oxygen atoms in total. The molecule has 4 heteroatoms. The molecule has 0 bridgehead atoms. The van der Waals surface area contributed by atoms with Crippen molar-refractivity contribution in [3.05, 3.63) is 47.8 Å². The number of aromatic amines is 1. The first-order chi connectivity index (χ1) is 12.6. The van der Waals surface area contributed by atoms with Gasteiger partial charge in [0, 0.05) is 47.1 Å². The van der Waals surface area contributed by atoms with E-state index in [4.69, 9.17) is 4.74 Å². The molecule has 0 saturated carbocycles. The van der Waals surface area contributed by atoms with E-state index in [0.717, 1.165) is 43.8 Å². The number of H-pyrrole nitrogens is 1. The van der Waals surface area contributed by atoms with E-state index in [1.54, 1.807) is 0 Å². The summed E-state index contributed by atoms with van der Waals surface area (Å²) in [6, 6.07) is 10.7. The zero-order valence-electron chi connectivity index (χ0n) is 15.9. The Hall–Kier alpha value is -2.33. The second-order valence-electron chi connectivity index (χ2n) is 7.35. The maximum absolute atomic E-state index is 6.29. The lowest BCUT2D eigenvalue weighted by Crippen LogP contribution is -2.35. The number of ether oxygens (including phenoxy) is 1. The normalized spacial score (nSPS) is 16.3. The molecule has 3 heterocycles. The van der Waals surface area contributed by atoms with E-state index in [-0.39, 0.29) is 0 Å². The van der Waals surface area contributed by atoms with Gasteiger partial charge in [0.2, 0.25) is 0 Å². The number of hydrogen-bond acceptors (Lipinski definition) is 3. The van der Waals surface area contributed by atoms with Gasteiger partial charge in [-0.1, -0.05) is 6.92 Å². The van der Waals surface area contributed by atoms with E-state index in [1.165, 1.54) is 27.7 Å². The van der Waals surface area contributed by atoms with Crippen molar-refractivity contribution in [2.45, 2.75) is 39.2 Å². The Kier molecular flexibility index (Phi) is 4.68. The first kappa shape index (κ1) is 17.1. The average molecular weight is 349 g/mol. The third-order valence-electron chi connectivity index (χ3n) is 5.38. The summed E-state index contributed by atoms with van der Waals surface area (Å²) in [6.45, 7) is 6.47. The van der Waals surface area contributed by atoms with Crippen LogP contribution in [0.5, 0.6) is 5.75 Å². The van der Waals surface area contributed by atoms with Crippen LogP contribution in [0.1, 0.15) is 31.0 Å². The number of benzene rings is 1. The molecule has 4 rings (SSSR count). The lowest BCUT2D eigenvalue weighted by Gasteiger charge is -2.29. The first-order valence-electron chi connectivity index (χ1n) is 9.57. The number of aromatic nitrogens is 2. The molecule has 136 valence electrons. The highest BCUT2D eigenvalue weighted by atomic mass is 16.5. The Morgan fingerprint density at radius 3 is 2.73 bits per heavy atom. The van der Waals surface area contributed by atoms with Gasteiger partial charge >= 0.3 is 0 Å². The number of rotatable bonds is 4. The predicted molar refractivity (Wildman–Crippen MR) is 107 cm³/mol. The van der Waals surface area contributed by atoms with Gasteiger partial charge in [-0.3, -0.25) is 4.98 Å². The molecule has 1 N–H and O–H groups in total. The smallest absolute Gasteiger partial charge is 0.120 e. The maximum atomic E-state index is 6.29. The maximum Gasteiger partial charge on any atom is 0.120 e. The fraction of sp³-hybridized carbons (Fsp3) is 0.409. The van der Waals surface area contributed by atoms with Crippen LogP contribution in [-0.2, 0) is 6.42 Å². The van der Waals surface area contributed by atoms with Gasteiger partial charge in [0.15, 0.2) is 0 Å². The number of nitrogens with one attached hydrogen (secondary N) is 1. The minimum atomic E-state index is 0.329. The van der Waals surface area contributed by atoms with Crippen molar-refractivity contribution in [1.82, 2.24) is 14.9 Å². The number of aryl methyl sites for hydroxylation is 2. The molecule has 1 saturated heterocycles. The van der Waals surface area contributed by atoms with E-state index in [9.17, 15) is 0 Å². The monoisotopic (exact) mass is 349 g/mol. The van der Waals surface area contributed by atoms with Crippen molar-refractivity contribution in [1.29, 1.82) is 0 Å². The zero-order chi connectivity index (χ0) is 18.1. The number of fused-ring (bicyclic) bond motifs is 1. The molecule has 0 spiro atoms. The highest BCUT2D eigenvalue weighted by molar-refractivity contribution is 5.91. The molecule has 1 aromatic carbocycles. The van der Waals surface area contributed by atoms with Crippen molar-refractivity contribution in [3.63, 3.8) is 0 Å². The second-order valence-corrected chi connectivity index (χ2v) is 7.35. The zero-order valence-corrected chi connectivity index (χ0v) is 15.9. The summed E-state index contributed by atoms with van der Waals surface area (Å²) < 4.78 is 6.29. The Balaban J connectivity index is 1.67. The Bertz CT molecular complexity index is 907. The van der Waals surface area contributed by atoms with Crippen molar-refractivity contribution < 1.29 is 4.74 Å². The van der Waals surface area contributed by atoms with Crippen LogP contribution in [0.3, 0.4) is 0 Å². The third-order valence-corrected chi connectivity index (χ3v) is 5.38. The lowest BCUT2D eigenvalue weighted by molar-refractivity contribution is 0.114. The molecule has 1 aliphatic rings. The average Bonchev–Trinajstić information content (AvgIpc) is 3.01. The molecule has 1 fully saturated rings. The van der Waals surface area contributed by atoms with Crippen LogP contribution in [0, 0.1) is 6.92 Å². The van der Waals surface area contributed by atoms with Gasteiger partial charge in [-0.15, -0.1) is 0 Å². The molecule has 2 aromatic heterocycles. The topological polar surface area (TPSA) is 41.1 Å². The summed E-state index contributed by atoms with van der Waals surface area (Å²) in [5.41, 5.74) is 5.95. The number of hydrogen-bond donors (Lipinski definition) is 1. The molecule has 0 amide bonds. The molecule has 26 heavy (non-hydrogen) atoms. The van der Waals surface area contributed by atoms with Gasteiger partial charge in [0.25, 0.3) is 0 Å². The predicted octanol–water partition coefficient (Wildman–Crippen LogP) is 4.57. The summed E-state index contributed by atoms with van der Waals surface area (Å²) in [5.74, 6) is 0.984. The van der Waals surface area contributed by atoms with Crippen molar-refractivity contribution in [2.24, 2.45) is 0 Å². The fourth-order valence-corrected chi connectivity index (χ4v) is 3.91. The highest BCUT2D eigenvalue weighted by Crippen LogP contribution is 2.33. The van der Waals surface area contributed by atoms with Crippen LogP contribution in [0.2, 0.25) is 0 Å². The van der Waals surface area contributed by atoms with Gasteiger partial charge in [-0.05, 0) is 69.1 Å². The standard InChI is InChI=1S/C22H27N3O/c1-4-19-20-14-18(26-17-8-11-25(3)12-9-17)5-6-21(20)24-22(19)16-7-10-23-15(2)13-16/h5-7,10,13-14,17,24H,4,8-9,11-12H2,1-3H3. The van der Waals surface area contributed by atoms with E-state index >= 15 is 0 Å². The molecule has 0 atom stereocenters. The van der Waals surface area contributed by atoms with Crippen LogP contribution in [0.15, 0.2) is 36.5 Å². The van der Waals surface area contributed by atoms with Crippen molar-refractivity contribution in [2.75, 3.05) is 20.1 Å². The first-order valence-corrected chi connectivity index (χ1v) is 9.57. The minimum Gasteiger partial charge on any atom is -0.490 e. The molecular weight excluding hydrogens is 322 g/mol. The SMILES string of the molecule is CCc1c(-c2ccnc(C)c2)[nH]c2ccc(OC3CCN(C)CC3)cc12. The largest absolute Gasteiger partial charge is 0.490 e. The minimum absolute atomic E-state index is 0.329. The number of likely N-dealkylation sites (tertiary alicyclic amines) is 1. The van der Waals surface area contributed by atoms with Crippen LogP contribution in [-0.4, -0.2) is 41.1 Å². The summed E-state index contributed by atoms with van der Waals surface area (Å²) in [6.07, 6.45) is 5.39. The van der Waals surface area contributed by atoms with Gasteiger partial charge in [0.1, 0.15) is 11.9 Å². The Morgan fingerprint density at radius 2 is 2.00 bits per heavy atom. The number of piperidine rings is 1. The summed E-state index contributed by atoms with van der Waals surface area (Å²) in [5, 5.41) is 1.27. The van der Waals surface area contributed by atoms with Crippen LogP contribution in [0.4, 0.5) is 0 Å². The van der Waals surface area contributed by atoms with E-state index in [1.807, 2.05) is 13.1 Å².